The van der Waals surface area contributed by atoms with Crippen molar-refractivity contribution in [2.75, 3.05) is 36.4 Å². The van der Waals surface area contributed by atoms with Gasteiger partial charge in [-0.1, -0.05) is 18.2 Å². The summed E-state index contributed by atoms with van der Waals surface area (Å²) in [5, 5.41) is 3.78. The number of hydrogen-bond acceptors (Lipinski definition) is 3. The summed E-state index contributed by atoms with van der Waals surface area (Å²) in [6, 6.07) is 16.6. The summed E-state index contributed by atoms with van der Waals surface area (Å²) in [5.74, 6) is 0.128. The first-order valence-electron chi connectivity index (χ1n) is 8.02. The Kier molecular flexibility index (Phi) is 5.65. The molecule has 0 spiro atoms. The van der Waals surface area contributed by atoms with Crippen LogP contribution in [0.2, 0.25) is 0 Å². The Morgan fingerprint density at radius 3 is 2.20 bits per heavy atom. The van der Waals surface area contributed by atoms with Gasteiger partial charge in [0.05, 0.1) is 0 Å². The van der Waals surface area contributed by atoms with Gasteiger partial charge in [0, 0.05) is 37.6 Å². The summed E-state index contributed by atoms with van der Waals surface area (Å²) >= 11 is 5.46. The molecule has 1 aliphatic heterocycles. The highest BCUT2D eigenvalue weighted by Gasteiger charge is 2.19. The molecule has 1 fully saturated rings. The lowest BCUT2D eigenvalue weighted by molar-refractivity contribution is -0.0498. The molecule has 4 nitrogen and oxygen atoms in total. The van der Waals surface area contributed by atoms with Crippen LogP contribution in [0.1, 0.15) is 0 Å². The van der Waals surface area contributed by atoms with Crippen LogP contribution < -0.4 is 15.0 Å². The summed E-state index contributed by atoms with van der Waals surface area (Å²) < 4.78 is 28.7. The molecule has 7 heteroatoms. The molecule has 132 valence electrons. The first kappa shape index (κ1) is 17.4. The van der Waals surface area contributed by atoms with Crippen molar-refractivity contribution in [1.82, 2.24) is 4.90 Å². The predicted molar refractivity (Wildman–Crippen MR) is 99.5 cm³/mol. The van der Waals surface area contributed by atoms with Gasteiger partial charge in [-0.05, 0) is 48.6 Å². The van der Waals surface area contributed by atoms with Crippen LogP contribution >= 0.6 is 12.2 Å². The SMILES string of the molecule is FC(F)Oc1ccc(NC(=S)N2CCN(c3ccccc3)CC2)cc1. The van der Waals surface area contributed by atoms with Crippen LogP contribution in [0, 0.1) is 0 Å². The van der Waals surface area contributed by atoms with Gasteiger partial charge in [0.25, 0.3) is 0 Å². The maximum atomic E-state index is 12.2. The minimum absolute atomic E-state index is 0.128. The monoisotopic (exact) mass is 363 g/mol. The van der Waals surface area contributed by atoms with Crippen LogP contribution in [0.15, 0.2) is 54.6 Å². The molecule has 0 saturated carbocycles. The number of alkyl halides is 2. The molecule has 1 saturated heterocycles. The molecule has 0 aromatic heterocycles. The number of para-hydroxylation sites is 1. The molecular weight excluding hydrogens is 344 g/mol. The van der Waals surface area contributed by atoms with E-state index in [2.05, 4.69) is 32.0 Å². The molecule has 2 aromatic carbocycles. The number of anilines is 2. The number of rotatable bonds is 4. The van der Waals surface area contributed by atoms with Gasteiger partial charge < -0.3 is 19.9 Å². The van der Waals surface area contributed by atoms with Crippen molar-refractivity contribution < 1.29 is 13.5 Å². The third-order valence-electron chi connectivity index (χ3n) is 4.02. The fraction of sp³-hybridized carbons (Fsp3) is 0.278. The van der Waals surface area contributed by atoms with Gasteiger partial charge in [-0.3, -0.25) is 0 Å². The summed E-state index contributed by atoms with van der Waals surface area (Å²) in [7, 11) is 0. The zero-order valence-corrected chi connectivity index (χ0v) is 14.4. The first-order chi connectivity index (χ1) is 12.1. The Balaban J connectivity index is 1.51. The Labute approximate surface area is 151 Å². The average molecular weight is 363 g/mol. The van der Waals surface area contributed by atoms with Crippen molar-refractivity contribution in [2.45, 2.75) is 6.61 Å². The van der Waals surface area contributed by atoms with Crippen LogP contribution in [0.4, 0.5) is 20.2 Å². The zero-order valence-electron chi connectivity index (χ0n) is 13.6. The minimum Gasteiger partial charge on any atom is -0.435 e. The number of hydrogen-bond donors (Lipinski definition) is 1. The van der Waals surface area contributed by atoms with Crippen molar-refractivity contribution >= 4 is 28.7 Å². The molecule has 0 amide bonds. The van der Waals surface area contributed by atoms with Crippen LogP contribution in [0.5, 0.6) is 5.75 Å². The van der Waals surface area contributed by atoms with E-state index in [0.717, 1.165) is 31.9 Å². The number of halogens is 2. The highest BCUT2D eigenvalue weighted by atomic mass is 32.1. The predicted octanol–water partition coefficient (Wildman–Crippen LogP) is 3.81. The van der Waals surface area contributed by atoms with Gasteiger partial charge in [0.2, 0.25) is 0 Å². The normalized spacial score (nSPS) is 14.5. The van der Waals surface area contributed by atoms with Crippen LogP contribution in [-0.4, -0.2) is 42.8 Å². The van der Waals surface area contributed by atoms with Gasteiger partial charge >= 0.3 is 6.61 Å². The van der Waals surface area contributed by atoms with E-state index in [1.165, 1.54) is 17.8 Å². The minimum atomic E-state index is -2.82. The number of nitrogens with zero attached hydrogens (tertiary/aromatic N) is 2. The Hall–Kier alpha value is -2.41. The molecule has 1 heterocycles. The molecule has 0 unspecified atom stereocenters. The second kappa shape index (κ2) is 8.11. The highest BCUT2D eigenvalue weighted by molar-refractivity contribution is 7.80. The van der Waals surface area contributed by atoms with Crippen molar-refractivity contribution in [3.8, 4) is 5.75 Å². The van der Waals surface area contributed by atoms with Crippen molar-refractivity contribution in [3.63, 3.8) is 0 Å². The Bertz CT molecular complexity index is 689. The number of piperazine rings is 1. The fourth-order valence-corrected chi connectivity index (χ4v) is 3.03. The first-order valence-corrected chi connectivity index (χ1v) is 8.43. The van der Waals surface area contributed by atoms with E-state index in [1.54, 1.807) is 12.1 Å². The van der Waals surface area contributed by atoms with E-state index in [-0.39, 0.29) is 5.75 Å². The van der Waals surface area contributed by atoms with Gasteiger partial charge in [-0.25, -0.2) is 0 Å². The van der Waals surface area contributed by atoms with E-state index >= 15 is 0 Å². The highest BCUT2D eigenvalue weighted by Crippen LogP contribution is 2.19. The molecule has 1 aliphatic rings. The Morgan fingerprint density at radius 2 is 1.60 bits per heavy atom. The second-order valence-corrected chi connectivity index (χ2v) is 6.03. The Morgan fingerprint density at radius 1 is 0.960 bits per heavy atom. The van der Waals surface area contributed by atoms with E-state index < -0.39 is 6.61 Å². The molecule has 0 radical (unpaired) electrons. The largest absolute Gasteiger partial charge is 0.435 e. The van der Waals surface area contributed by atoms with Gasteiger partial charge in [-0.2, -0.15) is 8.78 Å². The average Bonchev–Trinajstić information content (AvgIpc) is 2.64. The number of ether oxygens (including phenoxy) is 1. The third kappa shape index (κ3) is 4.79. The third-order valence-corrected chi connectivity index (χ3v) is 4.38. The summed E-state index contributed by atoms with van der Waals surface area (Å²) in [6.45, 7) is 0.626. The molecule has 0 bridgehead atoms. The van der Waals surface area contributed by atoms with Crippen LogP contribution in [-0.2, 0) is 0 Å². The summed E-state index contributed by atoms with van der Waals surface area (Å²) in [5.41, 5.74) is 1.97. The van der Waals surface area contributed by atoms with E-state index in [0.29, 0.717) is 5.11 Å². The molecule has 3 rings (SSSR count). The van der Waals surface area contributed by atoms with E-state index in [4.69, 9.17) is 12.2 Å². The zero-order chi connectivity index (χ0) is 17.6. The van der Waals surface area contributed by atoms with Gasteiger partial charge in [-0.15, -0.1) is 0 Å². The molecule has 25 heavy (non-hydrogen) atoms. The van der Waals surface area contributed by atoms with Crippen molar-refractivity contribution in [3.05, 3.63) is 54.6 Å². The topological polar surface area (TPSA) is 27.7 Å². The van der Waals surface area contributed by atoms with E-state index in [9.17, 15) is 8.78 Å². The standard InChI is InChI=1S/C18H19F2N3OS/c19-17(20)24-16-8-6-14(7-9-16)21-18(25)23-12-10-22(11-13-23)15-4-2-1-3-5-15/h1-9,17H,10-13H2,(H,21,25). The van der Waals surface area contributed by atoms with Crippen LogP contribution in [0.3, 0.4) is 0 Å². The lowest BCUT2D eigenvalue weighted by atomic mass is 10.2. The fourth-order valence-electron chi connectivity index (χ4n) is 2.73. The summed E-state index contributed by atoms with van der Waals surface area (Å²) in [6.07, 6.45) is 0. The lowest BCUT2D eigenvalue weighted by Crippen LogP contribution is -2.50. The molecular formula is C18H19F2N3OS. The maximum absolute atomic E-state index is 12.2. The van der Waals surface area contributed by atoms with Gasteiger partial charge in [0.15, 0.2) is 5.11 Å². The van der Waals surface area contributed by atoms with Crippen molar-refractivity contribution in [1.29, 1.82) is 0 Å². The van der Waals surface area contributed by atoms with E-state index in [1.807, 2.05) is 18.2 Å². The quantitative estimate of drug-likeness (QED) is 0.834. The van der Waals surface area contributed by atoms with Gasteiger partial charge in [0.1, 0.15) is 5.75 Å². The van der Waals surface area contributed by atoms with Crippen LogP contribution in [0.25, 0.3) is 0 Å². The summed E-state index contributed by atoms with van der Waals surface area (Å²) in [4.78, 5) is 4.44. The smallest absolute Gasteiger partial charge is 0.387 e. The second-order valence-electron chi connectivity index (χ2n) is 5.64. The molecule has 0 atom stereocenters. The number of nitrogens with one attached hydrogen (secondary N) is 1. The molecule has 1 N–H and O–H groups in total. The number of thiocarbonyl (C=S) groups is 1. The number of benzene rings is 2. The molecule has 2 aromatic rings. The lowest BCUT2D eigenvalue weighted by Gasteiger charge is -2.37. The molecule has 0 aliphatic carbocycles. The van der Waals surface area contributed by atoms with Crippen molar-refractivity contribution in [2.24, 2.45) is 0 Å². The maximum Gasteiger partial charge on any atom is 0.387 e.